The Morgan fingerprint density at radius 3 is 2.40 bits per heavy atom. The van der Waals surface area contributed by atoms with E-state index >= 15 is 0 Å². The summed E-state index contributed by atoms with van der Waals surface area (Å²) in [5.74, 6) is -0.977. The summed E-state index contributed by atoms with van der Waals surface area (Å²) < 4.78 is 4.75. The fraction of sp³-hybridized carbons (Fsp3) is 0.800. The molecule has 0 aromatic heterocycles. The highest BCUT2D eigenvalue weighted by molar-refractivity contribution is 5.70. The van der Waals surface area contributed by atoms with Gasteiger partial charge in [-0.2, -0.15) is 0 Å². The highest BCUT2D eigenvalue weighted by Crippen LogP contribution is 2.24. The van der Waals surface area contributed by atoms with Crippen molar-refractivity contribution in [2.45, 2.75) is 38.6 Å². The van der Waals surface area contributed by atoms with Gasteiger partial charge in [-0.1, -0.05) is 0 Å². The molecule has 0 radical (unpaired) electrons. The summed E-state index contributed by atoms with van der Waals surface area (Å²) in [7, 11) is 0. The van der Waals surface area contributed by atoms with Crippen molar-refractivity contribution in [3.8, 4) is 0 Å². The van der Waals surface area contributed by atoms with Crippen molar-refractivity contribution in [1.82, 2.24) is 5.32 Å². The third kappa shape index (κ3) is 3.77. The first-order chi connectivity index (χ1) is 7.13. The van der Waals surface area contributed by atoms with E-state index in [1.54, 1.807) is 6.92 Å². The van der Waals surface area contributed by atoms with E-state index in [9.17, 15) is 9.59 Å². The molecule has 0 heterocycles. The van der Waals surface area contributed by atoms with Gasteiger partial charge in [0, 0.05) is 6.04 Å². The van der Waals surface area contributed by atoms with Gasteiger partial charge in [-0.3, -0.25) is 4.79 Å². The van der Waals surface area contributed by atoms with Crippen molar-refractivity contribution in [2.75, 3.05) is 6.61 Å². The number of alkyl carbamates (subject to hydrolysis) is 1. The lowest BCUT2D eigenvalue weighted by Crippen LogP contribution is -2.39. The molecule has 0 aromatic rings. The van der Waals surface area contributed by atoms with Crippen LogP contribution in [-0.4, -0.2) is 29.8 Å². The first-order valence-corrected chi connectivity index (χ1v) is 5.29. The largest absolute Gasteiger partial charge is 0.481 e. The van der Waals surface area contributed by atoms with Crippen LogP contribution >= 0.6 is 0 Å². The van der Waals surface area contributed by atoms with Gasteiger partial charge in [0.2, 0.25) is 0 Å². The van der Waals surface area contributed by atoms with Crippen molar-refractivity contribution in [2.24, 2.45) is 5.92 Å². The van der Waals surface area contributed by atoms with Gasteiger partial charge in [0.1, 0.15) is 0 Å². The molecule has 15 heavy (non-hydrogen) atoms. The number of carboxylic acids is 1. The molecular formula is C10H17NO4. The molecule has 86 valence electrons. The van der Waals surface area contributed by atoms with Gasteiger partial charge in [-0.25, -0.2) is 4.79 Å². The zero-order valence-electron chi connectivity index (χ0n) is 8.86. The van der Waals surface area contributed by atoms with E-state index in [4.69, 9.17) is 9.84 Å². The summed E-state index contributed by atoms with van der Waals surface area (Å²) in [4.78, 5) is 21.8. The zero-order valence-corrected chi connectivity index (χ0v) is 8.86. The van der Waals surface area contributed by atoms with E-state index in [2.05, 4.69) is 5.32 Å². The molecular weight excluding hydrogens is 198 g/mol. The van der Waals surface area contributed by atoms with E-state index in [-0.39, 0.29) is 12.0 Å². The summed E-state index contributed by atoms with van der Waals surface area (Å²) in [6, 6.07) is 0.0691. The highest BCUT2D eigenvalue weighted by Gasteiger charge is 2.26. The number of carbonyl (C=O) groups is 2. The van der Waals surface area contributed by atoms with E-state index in [1.165, 1.54) is 0 Å². The maximum absolute atomic E-state index is 11.1. The van der Waals surface area contributed by atoms with Gasteiger partial charge in [0.25, 0.3) is 0 Å². The molecule has 5 heteroatoms. The lowest BCUT2D eigenvalue weighted by molar-refractivity contribution is -0.142. The Hall–Kier alpha value is -1.26. The second-order valence-electron chi connectivity index (χ2n) is 3.75. The molecule has 0 unspecified atom stereocenters. The van der Waals surface area contributed by atoms with Gasteiger partial charge >= 0.3 is 12.1 Å². The lowest BCUT2D eigenvalue weighted by Gasteiger charge is -2.26. The van der Waals surface area contributed by atoms with Crippen molar-refractivity contribution < 1.29 is 19.4 Å². The van der Waals surface area contributed by atoms with Gasteiger partial charge in [-0.15, -0.1) is 0 Å². The first-order valence-electron chi connectivity index (χ1n) is 5.29. The zero-order chi connectivity index (χ0) is 11.3. The maximum Gasteiger partial charge on any atom is 0.407 e. The van der Waals surface area contributed by atoms with E-state index in [0.717, 1.165) is 12.8 Å². The van der Waals surface area contributed by atoms with Crippen LogP contribution in [0.3, 0.4) is 0 Å². The molecule has 0 aliphatic heterocycles. The van der Waals surface area contributed by atoms with Gasteiger partial charge in [-0.05, 0) is 32.6 Å². The predicted molar refractivity (Wildman–Crippen MR) is 53.5 cm³/mol. The number of nitrogens with one attached hydrogen (secondary N) is 1. The van der Waals surface area contributed by atoms with Crippen LogP contribution in [0, 0.1) is 5.92 Å². The van der Waals surface area contributed by atoms with E-state index in [0.29, 0.717) is 19.4 Å². The monoisotopic (exact) mass is 215 g/mol. The molecule has 1 aliphatic rings. The maximum atomic E-state index is 11.1. The fourth-order valence-electron chi connectivity index (χ4n) is 1.82. The number of amides is 1. The van der Waals surface area contributed by atoms with Crippen molar-refractivity contribution in [3.05, 3.63) is 0 Å². The summed E-state index contributed by atoms with van der Waals surface area (Å²) in [6.45, 7) is 2.11. The third-order valence-electron chi connectivity index (χ3n) is 2.67. The molecule has 1 amide bonds. The molecule has 1 fully saturated rings. The Labute approximate surface area is 88.8 Å². The fourth-order valence-corrected chi connectivity index (χ4v) is 1.82. The van der Waals surface area contributed by atoms with Crippen LogP contribution in [0.4, 0.5) is 4.79 Å². The van der Waals surface area contributed by atoms with Crippen molar-refractivity contribution >= 4 is 12.1 Å². The van der Waals surface area contributed by atoms with Gasteiger partial charge < -0.3 is 15.2 Å². The summed E-state index contributed by atoms with van der Waals surface area (Å²) >= 11 is 0. The number of ether oxygens (including phenoxy) is 1. The van der Waals surface area contributed by atoms with E-state index in [1.807, 2.05) is 0 Å². The molecule has 0 saturated heterocycles. The summed E-state index contributed by atoms with van der Waals surface area (Å²) in [5.41, 5.74) is 0. The minimum absolute atomic E-state index is 0.0691. The molecule has 0 spiro atoms. The Bertz CT molecular complexity index is 234. The number of hydrogen-bond acceptors (Lipinski definition) is 3. The van der Waals surface area contributed by atoms with Crippen LogP contribution in [0.25, 0.3) is 0 Å². The average Bonchev–Trinajstić information content (AvgIpc) is 2.18. The molecule has 5 nitrogen and oxygen atoms in total. The average molecular weight is 215 g/mol. The van der Waals surface area contributed by atoms with Crippen LogP contribution in [0.15, 0.2) is 0 Å². The van der Waals surface area contributed by atoms with Gasteiger partial charge in [0.15, 0.2) is 0 Å². The number of carboxylic acid groups (broad SMARTS) is 1. The molecule has 1 aliphatic carbocycles. The Morgan fingerprint density at radius 1 is 1.33 bits per heavy atom. The number of hydrogen-bond donors (Lipinski definition) is 2. The minimum atomic E-state index is -0.732. The van der Waals surface area contributed by atoms with Crippen LogP contribution in [-0.2, 0) is 9.53 Å². The summed E-state index contributed by atoms with van der Waals surface area (Å²) in [6.07, 6.45) is 2.29. The van der Waals surface area contributed by atoms with Crippen molar-refractivity contribution in [3.63, 3.8) is 0 Å². The SMILES string of the molecule is CCOC(=O)NC1CCC(C(=O)O)CC1. The lowest BCUT2D eigenvalue weighted by atomic mass is 9.86. The topological polar surface area (TPSA) is 75.6 Å². The van der Waals surface area contributed by atoms with Gasteiger partial charge in [0.05, 0.1) is 12.5 Å². The Morgan fingerprint density at radius 2 is 1.93 bits per heavy atom. The molecule has 0 bridgehead atoms. The molecule has 0 atom stereocenters. The van der Waals surface area contributed by atoms with Crippen LogP contribution in [0.5, 0.6) is 0 Å². The highest BCUT2D eigenvalue weighted by atomic mass is 16.5. The normalized spacial score (nSPS) is 25.7. The van der Waals surface area contributed by atoms with Crippen LogP contribution in [0.1, 0.15) is 32.6 Å². The van der Waals surface area contributed by atoms with E-state index < -0.39 is 12.1 Å². The number of aliphatic carboxylic acids is 1. The molecule has 2 N–H and O–H groups in total. The standard InChI is InChI=1S/C10H17NO4/c1-2-15-10(14)11-8-5-3-7(4-6-8)9(12)13/h7-8H,2-6H2,1H3,(H,11,14)(H,12,13). The second-order valence-corrected chi connectivity index (χ2v) is 3.75. The summed E-state index contributed by atoms with van der Waals surface area (Å²) in [5, 5.41) is 11.5. The second kappa shape index (κ2) is 5.58. The minimum Gasteiger partial charge on any atom is -0.481 e. The Kier molecular flexibility index (Phi) is 4.39. The molecule has 1 saturated carbocycles. The van der Waals surface area contributed by atoms with Crippen molar-refractivity contribution in [1.29, 1.82) is 0 Å². The number of carbonyl (C=O) groups excluding carboxylic acids is 1. The van der Waals surface area contributed by atoms with Crippen LogP contribution in [0.2, 0.25) is 0 Å². The quantitative estimate of drug-likeness (QED) is 0.745. The molecule has 1 rings (SSSR count). The molecule has 0 aromatic carbocycles. The number of rotatable bonds is 3. The van der Waals surface area contributed by atoms with Crippen LogP contribution < -0.4 is 5.32 Å². The Balaban J connectivity index is 2.25. The third-order valence-corrected chi connectivity index (χ3v) is 2.67. The first kappa shape index (κ1) is 11.8. The smallest absolute Gasteiger partial charge is 0.407 e. The predicted octanol–water partition coefficient (Wildman–Crippen LogP) is 1.38.